The van der Waals surface area contributed by atoms with Gasteiger partial charge in [-0.3, -0.25) is 0 Å². The first kappa shape index (κ1) is 18.7. The van der Waals surface area contributed by atoms with Gasteiger partial charge in [0, 0.05) is 6.26 Å². The second-order valence-corrected chi connectivity index (χ2v) is 9.39. The van der Waals surface area contributed by atoms with Crippen LogP contribution in [0, 0.1) is 5.41 Å². The number of hydrogen-bond donors (Lipinski definition) is 0. The van der Waals surface area contributed by atoms with E-state index < -0.39 is 9.84 Å². The normalized spacial score (nSPS) is 19.1. The van der Waals surface area contributed by atoms with Gasteiger partial charge in [0.2, 0.25) is 0 Å². The van der Waals surface area contributed by atoms with Gasteiger partial charge in [-0.25, -0.2) is 12.8 Å². The monoisotopic (exact) mass is 348 g/mol. The molecule has 0 unspecified atom stereocenters. The molecule has 0 aromatic heterocycles. The highest BCUT2D eigenvalue weighted by molar-refractivity contribution is 7.90. The minimum absolute atomic E-state index is 0.143. The van der Waals surface area contributed by atoms with Crippen molar-refractivity contribution in [1.82, 2.24) is 0 Å². The van der Waals surface area contributed by atoms with Crippen molar-refractivity contribution >= 4 is 15.4 Å². The zero-order chi connectivity index (χ0) is 18.1. The third-order valence-corrected chi connectivity index (χ3v) is 5.47. The molecule has 2 nitrogen and oxygen atoms in total. The van der Waals surface area contributed by atoms with E-state index in [1.165, 1.54) is 30.4 Å². The molecular formula is C20H25FO2S. The summed E-state index contributed by atoms with van der Waals surface area (Å²) in [7, 11) is -3.19. The molecule has 4 heteroatoms. The lowest BCUT2D eigenvalue weighted by Gasteiger charge is -2.17. The number of allylic oxidation sites excluding steroid dienone is 6. The molecule has 1 aliphatic rings. The van der Waals surface area contributed by atoms with Crippen LogP contribution in [-0.2, 0) is 9.84 Å². The highest BCUT2D eigenvalue weighted by atomic mass is 32.2. The van der Waals surface area contributed by atoms with Crippen LogP contribution in [0.4, 0.5) is 4.39 Å². The summed E-state index contributed by atoms with van der Waals surface area (Å²) in [6.07, 6.45) is 6.36. The van der Waals surface area contributed by atoms with Crippen LogP contribution in [-0.4, -0.2) is 14.7 Å². The fourth-order valence-electron chi connectivity index (χ4n) is 3.13. The summed E-state index contributed by atoms with van der Waals surface area (Å²) in [5, 5.41) is 0. The van der Waals surface area contributed by atoms with Crippen molar-refractivity contribution in [3.63, 3.8) is 0 Å². The number of halogens is 1. The van der Waals surface area contributed by atoms with Crippen LogP contribution in [0.2, 0.25) is 0 Å². The Bertz CT molecular complexity index is 819. The molecule has 0 N–H and O–H groups in total. The first-order valence-electron chi connectivity index (χ1n) is 8.03. The van der Waals surface area contributed by atoms with Gasteiger partial charge in [-0.1, -0.05) is 32.1 Å². The summed E-state index contributed by atoms with van der Waals surface area (Å²) in [6, 6.07) is 7.06. The van der Waals surface area contributed by atoms with E-state index in [1.807, 2.05) is 25.1 Å². The Morgan fingerprint density at radius 2 is 1.67 bits per heavy atom. The lowest BCUT2D eigenvalue weighted by atomic mass is 9.87. The lowest BCUT2D eigenvalue weighted by molar-refractivity contribution is 0.398. The van der Waals surface area contributed by atoms with E-state index in [-0.39, 0.29) is 11.2 Å². The van der Waals surface area contributed by atoms with Crippen molar-refractivity contribution in [1.29, 1.82) is 0 Å². The van der Waals surface area contributed by atoms with Gasteiger partial charge in [-0.05, 0) is 72.6 Å². The fourth-order valence-corrected chi connectivity index (χ4v) is 3.76. The summed E-state index contributed by atoms with van der Waals surface area (Å²) < 4.78 is 36.3. The first-order chi connectivity index (χ1) is 11.0. The van der Waals surface area contributed by atoms with Crippen LogP contribution >= 0.6 is 0 Å². The zero-order valence-electron chi connectivity index (χ0n) is 15.0. The standard InChI is InChI=1S/C20H25FO2S/c1-14(6-7-15(2)21)18-12-20(3,4)13-19(18)16-8-10-17(11-9-16)24(5,22)23/h6-11H,12-13H2,1-5H3/b14-6+,15-7+. The maximum atomic E-state index is 13.0. The summed E-state index contributed by atoms with van der Waals surface area (Å²) in [6.45, 7) is 7.87. The van der Waals surface area contributed by atoms with E-state index in [0.717, 1.165) is 24.0 Å². The molecule has 0 heterocycles. The largest absolute Gasteiger partial charge is 0.224 e. The van der Waals surface area contributed by atoms with Crippen molar-refractivity contribution in [2.24, 2.45) is 5.41 Å². The van der Waals surface area contributed by atoms with Crippen LogP contribution in [0.25, 0.3) is 5.57 Å². The summed E-state index contributed by atoms with van der Waals surface area (Å²) in [4.78, 5) is 0.328. The van der Waals surface area contributed by atoms with Gasteiger partial charge in [0.1, 0.15) is 0 Å². The number of sulfone groups is 1. The summed E-state index contributed by atoms with van der Waals surface area (Å²) in [5.41, 5.74) is 4.68. The Hall–Kier alpha value is -1.68. The van der Waals surface area contributed by atoms with Crippen LogP contribution in [0.5, 0.6) is 0 Å². The Morgan fingerprint density at radius 1 is 1.08 bits per heavy atom. The average molecular weight is 348 g/mol. The molecule has 2 rings (SSSR count). The molecule has 0 saturated heterocycles. The summed E-state index contributed by atoms with van der Waals surface area (Å²) in [5.74, 6) is -0.216. The second-order valence-electron chi connectivity index (χ2n) is 7.37. The predicted octanol–water partition coefficient (Wildman–Crippen LogP) is 5.48. The van der Waals surface area contributed by atoms with E-state index in [9.17, 15) is 12.8 Å². The Labute approximate surface area is 144 Å². The van der Waals surface area contributed by atoms with E-state index in [1.54, 1.807) is 12.1 Å². The molecule has 1 aromatic rings. The van der Waals surface area contributed by atoms with Gasteiger partial charge in [0.15, 0.2) is 9.84 Å². The average Bonchev–Trinajstić information content (AvgIpc) is 2.80. The number of benzene rings is 1. The number of hydrogen-bond acceptors (Lipinski definition) is 2. The van der Waals surface area contributed by atoms with Crippen molar-refractivity contribution < 1.29 is 12.8 Å². The quantitative estimate of drug-likeness (QED) is 0.675. The predicted molar refractivity (Wildman–Crippen MR) is 98.1 cm³/mol. The van der Waals surface area contributed by atoms with Gasteiger partial charge in [0.05, 0.1) is 10.7 Å². The van der Waals surface area contributed by atoms with Crippen molar-refractivity contribution in [2.45, 2.75) is 45.4 Å². The van der Waals surface area contributed by atoms with E-state index in [0.29, 0.717) is 4.90 Å². The van der Waals surface area contributed by atoms with Crippen LogP contribution in [0.1, 0.15) is 46.1 Å². The maximum absolute atomic E-state index is 13.0. The second kappa shape index (κ2) is 6.67. The molecule has 0 bridgehead atoms. The zero-order valence-corrected chi connectivity index (χ0v) is 15.8. The maximum Gasteiger partial charge on any atom is 0.175 e. The molecule has 0 fully saturated rings. The first-order valence-corrected chi connectivity index (χ1v) is 9.92. The molecular weight excluding hydrogens is 323 g/mol. The smallest absolute Gasteiger partial charge is 0.175 e. The van der Waals surface area contributed by atoms with Gasteiger partial charge in [-0.2, -0.15) is 0 Å². The minimum Gasteiger partial charge on any atom is -0.224 e. The molecule has 0 radical (unpaired) electrons. The molecule has 1 aliphatic carbocycles. The lowest BCUT2D eigenvalue weighted by Crippen LogP contribution is -2.05. The highest BCUT2D eigenvalue weighted by Gasteiger charge is 2.31. The Morgan fingerprint density at radius 3 is 2.17 bits per heavy atom. The highest BCUT2D eigenvalue weighted by Crippen LogP contribution is 2.48. The molecule has 0 aliphatic heterocycles. The van der Waals surface area contributed by atoms with E-state index >= 15 is 0 Å². The van der Waals surface area contributed by atoms with Crippen molar-refractivity contribution in [3.8, 4) is 0 Å². The van der Waals surface area contributed by atoms with Crippen molar-refractivity contribution in [2.75, 3.05) is 6.26 Å². The fraction of sp³-hybridized carbons (Fsp3) is 0.400. The van der Waals surface area contributed by atoms with Crippen LogP contribution < -0.4 is 0 Å². The molecule has 130 valence electrons. The van der Waals surface area contributed by atoms with Gasteiger partial charge in [0.25, 0.3) is 0 Å². The number of rotatable bonds is 4. The van der Waals surface area contributed by atoms with Gasteiger partial charge >= 0.3 is 0 Å². The van der Waals surface area contributed by atoms with E-state index in [2.05, 4.69) is 13.8 Å². The van der Waals surface area contributed by atoms with Crippen LogP contribution in [0.15, 0.2) is 58.3 Å². The Kier molecular flexibility index (Phi) is 5.19. The van der Waals surface area contributed by atoms with Crippen molar-refractivity contribution in [3.05, 3.63) is 59.0 Å². The minimum atomic E-state index is -3.19. The topological polar surface area (TPSA) is 34.1 Å². The van der Waals surface area contributed by atoms with Gasteiger partial charge < -0.3 is 0 Å². The molecule has 0 saturated carbocycles. The Balaban J connectivity index is 2.48. The molecule has 0 spiro atoms. The van der Waals surface area contributed by atoms with E-state index in [4.69, 9.17) is 0 Å². The molecule has 1 aromatic carbocycles. The van der Waals surface area contributed by atoms with Crippen LogP contribution in [0.3, 0.4) is 0 Å². The third kappa shape index (κ3) is 4.44. The summed E-state index contributed by atoms with van der Waals surface area (Å²) >= 11 is 0. The molecule has 0 amide bonds. The van der Waals surface area contributed by atoms with Gasteiger partial charge in [-0.15, -0.1) is 0 Å². The third-order valence-electron chi connectivity index (χ3n) is 4.34. The molecule has 24 heavy (non-hydrogen) atoms. The SMILES string of the molecule is C/C(F)=C\C=C(/C)C1=C(c2ccc(S(C)(=O)=O)cc2)CC(C)(C)C1. The molecule has 0 atom stereocenters.